The van der Waals surface area contributed by atoms with E-state index < -0.39 is 11.8 Å². The Labute approximate surface area is 206 Å². The van der Waals surface area contributed by atoms with E-state index in [-0.39, 0.29) is 17.7 Å². The summed E-state index contributed by atoms with van der Waals surface area (Å²) in [6.07, 6.45) is 1.95. The van der Waals surface area contributed by atoms with E-state index in [0.717, 1.165) is 24.1 Å². The zero-order chi connectivity index (χ0) is 24.5. The first-order valence-electron chi connectivity index (χ1n) is 11.1. The van der Waals surface area contributed by atoms with Gasteiger partial charge in [0, 0.05) is 29.1 Å². The molecule has 1 aromatic heterocycles. The molecule has 5 rings (SSSR count). The van der Waals surface area contributed by atoms with Gasteiger partial charge < -0.3 is 10.1 Å². The van der Waals surface area contributed by atoms with Crippen LogP contribution in [0.15, 0.2) is 72.8 Å². The van der Waals surface area contributed by atoms with Crippen molar-refractivity contribution >= 4 is 29.2 Å². The third-order valence-corrected chi connectivity index (χ3v) is 5.92. The van der Waals surface area contributed by atoms with Crippen LogP contribution in [-0.2, 0) is 4.79 Å². The van der Waals surface area contributed by atoms with Crippen LogP contribution >= 0.6 is 11.6 Å². The molecule has 1 aliphatic carbocycles. The Kier molecular flexibility index (Phi) is 6.09. The molecule has 4 aromatic rings. The second-order valence-electron chi connectivity index (χ2n) is 8.36. The van der Waals surface area contributed by atoms with Crippen molar-refractivity contribution in [2.24, 2.45) is 0 Å². The summed E-state index contributed by atoms with van der Waals surface area (Å²) in [6, 6.07) is 19.8. The van der Waals surface area contributed by atoms with E-state index in [1.54, 1.807) is 48.5 Å². The molecule has 1 N–H and O–H groups in total. The third kappa shape index (κ3) is 4.95. The van der Waals surface area contributed by atoms with Gasteiger partial charge in [-0.2, -0.15) is 9.78 Å². The Morgan fingerprint density at radius 2 is 1.77 bits per heavy atom. The Bertz CT molecular complexity index is 1410. The maximum atomic E-state index is 13.9. The molecule has 0 radical (unpaired) electrons. The van der Waals surface area contributed by atoms with Gasteiger partial charge in [0.05, 0.1) is 16.9 Å². The van der Waals surface area contributed by atoms with Gasteiger partial charge in [0.25, 0.3) is 5.91 Å². The lowest BCUT2D eigenvalue weighted by Gasteiger charge is -2.10. The van der Waals surface area contributed by atoms with Crippen LogP contribution in [0, 0.1) is 5.82 Å². The van der Waals surface area contributed by atoms with Gasteiger partial charge >= 0.3 is 5.97 Å². The first-order valence-corrected chi connectivity index (χ1v) is 11.5. The third-order valence-electron chi connectivity index (χ3n) is 5.67. The molecule has 1 amide bonds. The monoisotopic (exact) mass is 489 g/mol. The van der Waals surface area contributed by atoms with E-state index >= 15 is 0 Å². The van der Waals surface area contributed by atoms with E-state index in [0.29, 0.717) is 27.5 Å². The van der Waals surface area contributed by atoms with Crippen LogP contribution in [0.5, 0.6) is 5.88 Å². The lowest BCUT2D eigenvalue weighted by molar-refractivity contribution is -0.132. The molecule has 0 aliphatic heterocycles. The first kappa shape index (κ1) is 22.8. The van der Waals surface area contributed by atoms with Crippen LogP contribution in [0.3, 0.4) is 0 Å². The molecule has 6 nitrogen and oxygen atoms in total. The fourth-order valence-corrected chi connectivity index (χ4v) is 4.00. The topological polar surface area (TPSA) is 73.2 Å². The lowest BCUT2D eigenvalue weighted by Crippen LogP contribution is -2.11. The van der Waals surface area contributed by atoms with Crippen molar-refractivity contribution in [3.8, 4) is 22.7 Å². The number of ether oxygens (including phenoxy) is 1. The largest absolute Gasteiger partial charge is 0.407 e. The molecule has 8 heteroatoms. The average molecular weight is 490 g/mol. The molecule has 0 saturated heterocycles. The lowest BCUT2D eigenvalue weighted by atomic mass is 10.0. The number of amides is 1. The van der Waals surface area contributed by atoms with E-state index in [9.17, 15) is 14.0 Å². The first-order chi connectivity index (χ1) is 16.9. The van der Waals surface area contributed by atoms with Gasteiger partial charge in [0.15, 0.2) is 0 Å². The molecule has 1 heterocycles. The van der Waals surface area contributed by atoms with Gasteiger partial charge in [-0.15, -0.1) is 0 Å². The maximum absolute atomic E-state index is 13.9. The van der Waals surface area contributed by atoms with Crippen LogP contribution in [0.1, 0.15) is 41.7 Å². The van der Waals surface area contributed by atoms with Gasteiger partial charge in [-0.3, -0.25) is 9.59 Å². The molecule has 35 heavy (non-hydrogen) atoms. The predicted octanol–water partition coefficient (Wildman–Crippen LogP) is 6.39. The van der Waals surface area contributed by atoms with Gasteiger partial charge in [0.2, 0.25) is 5.88 Å². The standard InChI is InChI=1S/C27H21ClFN3O3/c1-16(33)35-27-24(25(18-5-6-18)31-32(27)23-4-2-3-21(29)15-23)17-9-13-22(14-10-17)30-26(34)19-7-11-20(28)12-8-19/h2-4,7-15,18H,5-6H2,1H3,(H,30,34). The summed E-state index contributed by atoms with van der Waals surface area (Å²) < 4.78 is 21.0. The molecular weight excluding hydrogens is 469 g/mol. The number of carbonyl (C=O) groups is 2. The van der Waals surface area contributed by atoms with Crippen LogP contribution in [0.4, 0.5) is 10.1 Å². The molecule has 0 unspecified atom stereocenters. The van der Waals surface area contributed by atoms with Crippen LogP contribution < -0.4 is 10.1 Å². The van der Waals surface area contributed by atoms with Gasteiger partial charge in [-0.05, 0) is 73.0 Å². The average Bonchev–Trinajstić information content (AvgIpc) is 3.61. The fourth-order valence-electron chi connectivity index (χ4n) is 3.87. The molecule has 0 spiro atoms. The van der Waals surface area contributed by atoms with Gasteiger partial charge in [-0.25, -0.2) is 4.39 Å². The molecule has 0 bridgehead atoms. The number of esters is 1. The molecule has 1 fully saturated rings. The minimum Gasteiger partial charge on any atom is -0.407 e. The highest BCUT2D eigenvalue weighted by Gasteiger charge is 2.34. The van der Waals surface area contributed by atoms with Crippen molar-refractivity contribution in [1.82, 2.24) is 9.78 Å². The maximum Gasteiger partial charge on any atom is 0.309 e. The number of benzene rings is 3. The van der Waals surface area contributed by atoms with Crippen molar-refractivity contribution in [2.75, 3.05) is 5.32 Å². The van der Waals surface area contributed by atoms with Crippen molar-refractivity contribution in [3.63, 3.8) is 0 Å². The zero-order valence-electron chi connectivity index (χ0n) is 18.8. The highest BCUT2D eigenvalue weighted by atomic mass is 35.5. The van der Waals surface area contributed by atoms with Crippen molar-refractivity contribution in [3.05, 3.63) is 94.9 Å². The smallest absolute Gasteiger partial charge is 0.309 e. The van der Waals surface area contributed by atoms with Crippen LogP contribution in [0.25, 0.3) is 16.8 Å². The van der Waals surface area contributed by atoms with Crippen LogP contribution in [-0.4, -0.2) is 21.7 Å². The van der Waals surface area contributed by atoms with Crippen molar-refractivity contribution < 1.29 is 18.7 Å². The molecule has 0 atom stereocenters. The van der Waals surface area contributed by atoms with Crippen molar-refractivity contribution in [2.45, 2.75) is 25.7 Å². The molecule has 3 aromatic carbocycles. The second-order valence-corrected chi connectivity index (χ2v) is 8.80. The number of aromatic nitrogens is 2. The Morgan fingerprint density at radius 1 is 1.06 bits per heavy atom. The van der Waals surface area contributed by atoms with Crippen molar-refractivity contribution in [1.29, 1.82) is 0 Å². The number of hydrogen-bond donors (Lipinski definition) is 1. The van der Waals surface area contributed by atoms with Gasteiger partial charge in [0.1, 0.15) is 5.82 Å². The Morgan fingerprint density at radius 3 is 2.40 bits per heavy atom. The van der Waals surface area contributed by atoms with E-state index in [1.165, 1.54) is 23.7 Å². The SMILES string of the molecule is CC(=O)Oc1c(-c2ccc(NC(=O)c3ccc(Cl)cc3)cc2)c(C2CC2)nn1-c1cccc(F)c1. The Balaban J connectivity index is 1.51. The zero-order valence-corrected chi connectivity index (χ0v) is 19.6. The number of halogens is 2. The summed E-state index contributed by atoms with van der Waals surface area (Å²) >= 11 is 5.90. The molecule has 1 saturated carbocycles. The number of hydrogen-bond acceptors (Lipinski definition) is 4. The normalized spacial score (nSPS) is 12.9. The summed E-state index contributed by atoms with van der Waals surface area (Å²) in [7, 11) is 0. The van der Waals surface area contributed by atoms with Gasteiger partial charge in [-0.1, -0.05) is 29.8 Å². The van der Waals surface area contributed by atoms with E-state index in [1.807, 2.05) is 12.1 Å². The molecular formula is C27H21ClFN3O3. The highest BCUT2D eigenvalue weighted by Crippen LogP contribution is 2.48. The minimum absolute atomic E-state index is 0.235. The van der Waals surface area contributed by atoms with E-state index in [4.69, 9.17) is 21.4 Å². The number of nitrogens with zero attached hydrogens (tertiary/aromatic N) is 2. The summed E-state index contributed by atoms with van der Waals surface area (Å²) in [5.41, 5.74) is 3.80. The fraction of sp³-hybridized carbons (Fsp3) is 0.148. The number of anilines is 1. The quantitative estimate of drug-likeness (QED) is 0.319. The molecule has 1 aliphatic rings. The number of carbonyl (C=O) groups excluding carboxylic acids is 2. The number of rotatable bonds is 6. The highest BCUT2D eigenvalue weighted by molar-refractivity contribution is 6.30. The molecule has 176 valence electrons. The Hall–Kier alpha value is -3.97. The summed E-state index contributed by atoms with van der Waals surface area (Å²) in [5.74, 6) is -0.700. The summed E-state index contributed by atoms with van der Waals surface area (Å²) in [5, 5.41) is 8.14. The number of nitrogens with one attached hydrogen (secondary N) is 1. The predicted molar refractivity (Wildman–Crippen MR) is 132 cm³/mol. The van der Waals surface area contributed by atoms with E-state index in [2.05, 4.69) is 5.32 Å². The summed E-state index contributed by atoms with van der Waals surface area (Å²) in [6.45, 7) is 1.32. The summed E-state index contributed by atoms with van der Waals surface area (Å²) in [4.78, 5) is 24.5. The second kappa shape index (κ2) is 9.35. The van der Waals surface area contributed by atoms with Crippen LogP contribution in [0.2, 0.25) is 5.02 Å². The minimum atomic E-state index is -0.502.